The highest BCUT2D eigenvalue weighted by Crippen LogP contribution is 2.18. The van der Waals surface area contributed by atoms with Gasteiger partial charge in [-0.1, -0.05) is 36.4 Å². The third-order valence-electron chi connectivity index (χ3n) is 4.28. The van der Waals surface area contributed by atoms with E-state index in [9.17, 15) is 4.79 Å². The lowest BCUT2D eigenvalue weighted by Gasteiger charge is -2.17. The molecule has 1 aliphatic heterocycles. The van der Waals surface area contributed by atoms with Crippen LogP contribution in [0.15, 0.2) is 49.3 Å². The summed E-state index contributed by atoms with van der Waals surface area (Å²) in [6.07, 6.45) is 6.06. The van der Waals surface area contributed by atoms with Crippen LogP contribution in [0.5, 0.6) is 5.88 Å². The lowest BCUT2D eigenvalue weighted by atomic mass is 10.1. The number of rotatable bonds is 7. The number of anilines is 1. The molecule has 2 aromatic rings. The molecule has 26 heavy (non-hydrogen) atoms. The maximum Gasteiger partial charge on any atom is 0.336 e. The van der Waals surface area contributed by atoms with Crippen molar-refractivity contribution in [3.8, 4) is 5.88 Å². The van der Waals surface area contributed by atoms with E-state index in [4.69, 9.17) is 16.3 Å². The number of carbonyl (C=O) groups is 1. The van der Waals surface area contributed by atoms with Crippen LogP contribution in [-0.2, 0) is 11.2 Å². The molecule has 1 saturated heterocycles. The monoisotopic (exact) mass is 372 g/mol. The first kappa shape index (κ1) is 18.4. The molecule has 1 fully saturated rings. The number of hydrogen-bond acceptors (Lipinski definition) is 6. The van der Waals surface area contributed by atoms with E-state index in [2.05, 4.69) is 32.8 Å². The number of esters is 1. The summed E-state index contributed by atoms with van der Waals surface area (Å²) < 4.78 is 4.91. The van der Waals surface area contributed by atoms with Gasteiger partial charge in [0.2, 0.25) is 5.88 Å². The van der Waals surface area contributed by atoms with Crippen molar-refractivity contribution in [2.75, 3.05) is 25.0 Å². The minimum Gasteiger partial charge on any atom is -0.403 e. The highest BCUT2D eigenvalue weighted by molar-refractivity contribution is 6.31. The highest BCUT2D eigenvalue weighted by atomic mass is 35.5. The fourth-order valence-corrected chi connectivity index (χ4v) is 3.16. The minimum absolute atomic E-state index is 0.160. The van der Waals surface area contributed by atoms with Gasteiger partial charge in [0.1, 0.15) is 5.82 Å². The van der Waals surface area contributed by atoms with Gasteiger partial charge >= 0.3 is 5.97 Å². The SMILES string of the molecule is C=CC(=O)Oc1cnc(N[C@@H]2CCN(CCc3ccccc3Cl)C2)cn1. The van der Waals surface area contributed by atoms with Gasteiger partial charge < -0.3 is 15.0 Å². The van der Waals surface area contributed by atoms with Crippen LogP contribution in [0.1, 0.15) is 12.0 Å². The van der Waals surface area contributed by atoms with Crippen LogP contribution in [0.2, 0.25) is 5.02 Å². The zero-order chi connectivity index (χ0) is 18.4. The maximum atomic E-state index is 11.1. The molecule has 1 aromatic heterocycles. The normalized spacial score (nSPS) is 17.0. The molecule has 1 atom stereocenters. The van der Waals surface area contributed by atoms with E-state index in [-0.39, 0.29) is 5.88 Å². The van der Waals surface area contributed by atoms with Crippen molar-refractivity contribution in [1.29, 1.82) is 0 Å². The molecule has 1 aromatic carbocycles. The second kappa shape index (κ2) is 8.78. The predicted molar refractivity (Wildman–Crippen MR) is 101 cm³/mol. The summed E-state index contributed by atoms with van der Waals surface area (Å²) in [6, 6.07) is 8.29. The molecule has 136 valence electrons. The van der Waals surface area contributed by atoms with Crippen molar-refractivity contribution in [3.63, 3.8) is 0 Å². The van der Waals surface area contributed by atoms with E-state index in [1.54, 1.807) is 6.20 Å². The summed E-state index contributed by atoms with van der Waals surface area (Å²) in [7, 11) is 0. The molecule has 0 spiro atoms. The number of likely N-dealkylation sites (tertiary alicyclic amines) is 1. The van der Waals surface area contributed by atoms with Crippen LogP contribution in [0.3, 0.4) is 0 Å². The standard InChI is InChI=1S/C19H21ClN4O2/c1-2-19(25)26-18-12-21-17(11-22-18)23-15-8-10-24(13-15)9-7-14-5-3-4-6-16(14)20/h2-6,11-12,15H,1,7-10,13H2,(H,21,23)/t15-/m1/s1. The second-order valence-electron chi connectivity index (χ2n) is 6.14. The van der Waals surface area contributed by atoms with E-state index in [1.807, 2.05) is 18.2 Å². The van der Waals surface area contributed by atoms with Gasteiger partial charge in [0, 0.05) is 36.8 Å². The Morgan fingerprint density at radius 1 is 1.38 bits per heavy atom. The maximum absolute atomic E-state index is 11.1. The molecule has 1 aliphatic rings. The molecule has 0 bridgehead atoms. The van der Waals surface area contributed by atoms with E-state index in [0.717, 1.165) is 43.6 Å². The smallest absolute Gasteiger partial charge is 0.336 e. The number of nitrogens with one attached hydrogen (secondary N) is 1. The molecule has 0 saturated carbocycles. The second-order valence-corrected chi connectivity index (χ2v) is 6.54. The van der Waals surface area contributed by atoms with E-state index >= 15 is 0 Å². The zero-order valence-electron chi connectivity index (χ0n) is 14.4. The summed E-state index contributed by atoms with van der Waals surface area (Å²) in [6.45, 7) is 6.29. The lowest BCUT2D eigenvalue weighted by molar-refractivity contribution is -0.129. The molecule has 0 amide bonds. The van der Waals surface area contributed by atoms with Gasteiger partial charge in [-0.15, -0.1) is 0 Å². The van der Waals surface area contributed by atoms with Crippen molar-refractivity contribution >= 4 is 23.4 Å². The largest absolute Gasteiger partial charge is 0.403 e. The summed E-state index contributed by atoms with van der Waals surface area (Å²) in [5, 5.41) is 4.20. The quantitative estimate of drug-likeness (QED) is 0.595. The van der Waals surface area contributed by atoms with Crippen molar-refractivity contribution in [2.45, 2.75) is 18.9 Å². The number of benzene rings is 1. The number of hydrogen-bond donors (Lipinski definition) is 1. The topological polar surface area (TPSA) is 67.3 Å². The van der Waals surface area contributed by atoms with Crippen molar-refractivity contribution in [1.82, 2.24) is 14.9 Å². The Morgan fingerprint density at radius 3 is 2.96 bits per heavy atom. The number of nitrogens with zero attached hydrogens (tertiary/aromatic N) is 3. The molecule has 0 aliphatic carbocycles. The van der Waals surface area contributed by atoms with Gasteiger partial charge in [-0.25, -0.2) is 14.8 Å². The lowest BCUT2D eigenvalue weighted by Crippen LogP contribution is -2.28. The average Bonchev–Trinajstić information content (AvgIpc) is 3.10. The van der Waals surface area contributed by atoms with Crippen LogP contribution in [-0.4, -0.2) is 46.5 Å². The number of aromatic nitrogens is 2. The molecule has 2 heterocycles. The Kier molecular flexibility index (Phi) is 6.20. The average molecular weight is 373 g/mol. The first-order chi connectivity index (χ1) is 12.6. The molecular formula is C19H21ClN4O2. The fraction of sp³-hybridized carbons (Fsp3) is 0.316. The first-order valence-corrected chi connectivity index (χ1v) is 8.90. The van der Waals surface area contributed by atoms with Crippen LogP contribution in [0.4, 0.5) is 5.82 Å². The zero-order valence-corrected chi connectivity index (χ0v) is 15.2. The van der Waals surface area contributed by atoms with Gasteiger partial charge in [0.05, 0.1) is 12.4 Å². The number of carbonyl (C=O) groups excluding carboxylic acids is 1. The van der Waals surface area contributed by atoms with Gasteiger partial charge in [-0.05, 0) is 24.5 Å². The Labute approximate surface area is 157 Å². The van der Waals surface area contributed by atoms with Gasteiger partial charge in [-0.2, -0.15) is 0 Å². The molecule has 3 rings (SSSR count). The molecule has 1 N–H and O–H groups in total. The van der Waals surface area contributed by atoms with Crippen molar-refractivity contribution in [2.24, 2.45) is 0 Å². The number of halogens is 1. The molecule has 7 heteroatoms. The minimum atomic E-state index is -0.551. The third kappa shape index (κ3) is 5.03. The molecule has 0 radical (unpaired) electrons. The van der Waals surface area contributed by atoms with Crippen molar-refractivity contribution < 1.29 is 9.53 Å². The summed E-state index contributed by atoms with van der Waals surface area (Å²) in [4.78, 5) is 21.8. The highest BCUT2D eigenvalue weighted by Gasteiger charge is 2.22. The van der Waals surface area contributed by atoms with Crippen LogP contribution < -0.4 is 10.1 Å². The Bertz CT molecular complexity index is 766. The molecular weight excluding hydrogens is 352 g/mol. The van der Waals surface area contributed by atoms with E-state index < -0.39 is 5.97 Å². The van der Waals surface area contributed by atoms with Gasteiger partial charge in [-0.3, -0.25) is 0 Å². The third-order valence-corrected chi connectivity index (χ3v) is 4.65. The van der Waals surface area contributed by atoms with E-state index in [0.29, 0.717) is 11.9 Å². The fourth-order valence-electron chi connectivity index (χ4n) is 2.93. The van der Waals surface area contributed by atoms with E-state index in [1.165, 1.54) is 11.8 Å². The number of ether oxygens (including phenoxy) is 1. The van der Waals surface area contributed by atoms with Gasteiger partial charge in [0.25, 0.3) is 0 Å². The summed E-state index contributed by atoms with van der Waals surface area (Å²) >= 11 is 6.22. The van der Waals surface area contributed by atoms with Gasteiger partial charge in [0.15, 0.2) is 0 Å². The van der Waals surface area contributed by atoms with Crippen LogP contribution in [0, 0.1) is 0 Å². The first-order valence-electron chi connectivity index (χ1n) is 8.52. The van der Waals surface area contributed by atoms with Crippen LogP contribution in [0.25, 0.3) is 0 Å². The summed E-state index contributed by atoms with van der Waals surface area (Å²) in [5.74, 6) is 0.277. The Morgan fingerprint density at radius 2 is 2.23 bits per heavy atom. The summed E-state index contributed by atoms with van der Waals surface area (Å²) in [5.41, 5.74) is 1.18. The Hall–Kier alpha value is -2.44. The Balaban J connectivity index is 1.46. The molecule has 0 unspecified atom stereocenters. The van der Waals surface area contributed by atoms with Crippen LogP contribution >= 0.6 is 11.6 Å². The predicted octanol–water partition coefficient (Wildman–Crippen LogP) is 2.95. The van der Waals surface area contributed by atoms with Crippen molar-refractivity contribution in [3.05, 3.63) is 59.9 Å². The molecule has 6 nitrogen and oxygen atoms in total.